The number of para-hydroxylation sites is 1. The summed E-state index contributed by atoms with van der Waals surface area (Å²) in [5.74, 6) is -2.94. The molecule has 0 aliphatic rings. The maximum atomic E-state index is 13.0. The lowest BCUT2D eigenvalue weighted by molar-refractivity contribution is -0.142. The number of primary amides is 1. The molecule has 0 fully saturated rings. The number of aromatic amines is 1. The van der Waals surface area contributed by atoms with Gasteiger partial charge in [0.2, 0.25) is 17.7 Å². The molecule has 32 heavy (non-hydrogen) atoms. The lowest BCUT2D eigenvalue weighted by Gasteiger charge is -2.23. The fraction of sp³-hybridized carbons (Fsp3) is 0.455. The minimum absolute atomic E-state index is 0.0354. The van der Waals surface area contributed by atoms with E-state index in [9.17, 15) is 24.3 Å². The summed E-state index contributed by atoms with van der Waals surface area (Å²) < 4.78 is 0. The highest BCUT2D eigenvalue weighted by atomic mass is 16.4. The van der Waals surface area contributed by atoms with Gasteiger partial charge in [-0.25, -0.2) is 4.79 Å². The van der Waals surface area contributed by atoms with Crippen molar-refractivity contribution in [3.8, 4) is 0 Å². The van der Waals surface area contributed by atoms with Crippen molar-refractivity contribution in [1.29, 1.82) is 0 Å². The number of carboxylic acids is 1. The van der Waals surface area contributed by atoms with E-state index in [1.165, 1.54) is 0 Å². The molecule has 1 aromatic carbocycles. The number of hydrogen-bond donors (Lipinski definition) is 6. The Hall–Kier alpha value is -3.40. The molecule has 3 atom stereocenters. The zero-order chi connectivity index (χ0) is 23.8. The van der Waals surface area contributed by atoms with Crippen molar-refractivity contribution in [3.63, 3.8) is 0 Å². The normalized spacial score (nSPS) is 14.0. The number of rotatable bonds is 12. The number of aromatic nitrogens is 1. The summed E-state index contributed by atoms with van der Waals surface area (Å²) in [6.45, 7) is 3.70. The number of nitrogens with two attached hydrogens (primary N) is 2. The number of fused-ring (bicyclic) bond motifs is 1. The molecule has 0 spiro atoms. The maximum Gasteiger partial charge on any atom is 0.326 e. The van der Waals surface area contributed by atoms with Crippen molar-refractivity contribution in [2.24, 2.45) is 17.4 Å². The molecule has 10 heteroatoms. The van der Waals surface area contributed by atoms with Crippen LogP contribution in [0.5, 0.6) is 0 Å². The zero-order valence-corrected chi connectivity index (χ0v) is 18.3. The first kappa shape index (κ1) is 24.9. The molecular formula is C22H31N5O5. The van der Waals surface area contributed by atoms with Gasteiger partial charge in [-0.1, -0.05) is 32.0 Å². The van der Waals surface area contributed by atoms with Crippen LogP contribution in [-0.4, -0.2) is 51.9 Å². The molecule has 8 N–H and O–H groups in total. The molecule has 2 rings (SSSR count). The summed E-state index contributed by atoms with van der Waals surface area (Å²) in [6.07, 6.45) is 2.08. The number of carboxylic acid groups (broad SMARTS) is 1. The lowest BCUT2D eigenvalue weighted by atomic mass is 10.0. The predicted octanol–water partition coefficient (Wildman–Crippen LogP) is 0.404. The number of amides is 3. The van der Waals surface area contributed by atoms with Gasteiger partial charge >= 0.3 is 5.97 Å². The van der Waals surface area contributed by atoms with E-state index < -0.39 is 41.8 Å². The van der Waals surface area contributed by atoms with Crippen molar-refractivity contribution in [2.75, 3.05) is 0 Å². The Balaban J connectivity index is 2.22. The number of carbonyl (C=O) groups is 4. The smallest absolute Gasteiger partial charge is 0.326 e. The van der Waals surface area contributed by atoms with E-state index in [0.717, 1.165) is 16.5 Å². The first-order valence-electron chi connectivity index (χ1n) is 10.5. The molecule has 10 nitrogen and oxygen atoms in total. The number of aliphatic carboxylic acids is 1. The van der Waals surface area contributed by atoms with Gasteiger partial charge in [0.25, 0.3) is 0 Å². The molecule has 0 bridgehead atoms. The SMILES string of the molecule is CC(C)C[C@H](NC(=O)[C@H](Cc1c[nH]c2ccccc12)NC(=O)[C@@H](N)CCC(N)=O)C(=O)O. The highest BCUT2D eigenvalue weighted by Crippen LogP contribution is 2.19. The molecule has 2 aromatic rings. The second kappa shape index (κ2) is 11.3. The van der Waals surface area contributed by atoms with Gasteiger partial charge in [-0.2, -0.15) is 0 Å². The molecule has 1 aromatic heterocycles. The maximum absolute atomic E-state index is 13.0. The molecule has 3 amide bonds. The van der Waals surface area contributed by atoms with Crippen molar-refractivity contribution in [1.82, 2.24) is 15.6 Å². The standard InChI is InChI=1S/C22H31N5O5/c1-12(2)9-18(22(31)32)27-21(30)17(26-20(29)15(23)7-8-19(24)28)10-13-11-25-16-6-4-3-5-14(13)16/h3-6,11-12,15,17-18,25H,7-10,23H2,1-2H3,(H2,24,28)(H,26,29)(H,27,30)(H,31,32)/t15-,17-,18-/m0/s1. The van der Waals surface area contributed by atoms with Crippen LogP contribution in [0.4, 0.5) is 0 Å². The molecule has 0 aliphatic heterocycles. The van der Waals surface area contributed by atoms with E-state index in [1.807, 2.05) is 38.1 Å². The monoisotopic (exact) mass is 445 g/mol. The Morgan fingerprint density at radius 3 is 2.34 bits per heavy atom. The highest BCUT2D eigenvalue weighted by Gasteiger charge is 2.29. The number of carbonyl (C=O) groups excluding carboxylic acids is 3. The van der Waals surface area contributed by atoms with E-state index in [4.69, 9.17) is 11.5 Å². The Labute approximate surface area is 186 Å². The summed E-state index contributed by atoms with van der Waals surface area (Å²) in [6, 6.07) is 4.31. The minimum atomic E-state index is -1.15. The largest absolute Gasteiger partial charge is 0.480 e. The molecular weight excluding hydrogens is 414 g/mol. The first-order valence-corrected chi connectivity index (χ1v) is 10.5. The number of nitrogens with one attached hydrogen (secondary N) is 3. The van der Waals surface area contributed by atoms with Gasteiger partial charge in [0.15, 0.2) is 0 Å². The first-order chi connectivity index (χ1) is 15.1. The van der Waals surface area contributed by atoms with Crippen LogP contribution in [0.1, 0.15) is 38.7 Å². The van der Waals surface area contributed by atoms with Gasteiger partial charge in [-0.15, -0.1) is 0 Å². The third kappa shape index (κ3) is 7.09. The predicted molar refractivity (Wildman–Crippen MR) is 119 cm³/mol. The van der Waals surface area contributed by atoms with Crippen molar-refractivity contribution in [2.45, 2.75) is 57.7 Å². The van der Waals surface area contributed by atoms with E-state index in [0.29, 0.717) is 0 Å². The fourth-order valence-electron chi connectivity index (χ4n) is 3.40. The van der Waals surface area contributed by atoms with Crippen LogP contribution in [0.3, 0.4) is 0 Å². The molecule has 0 radical (unpaired) electrons. The summed E-state index contributed by atoms with van der Waals surface area (Å²) in [5, 5.41) is 15.5. The van der Waals surface area contributed by atoms with Gasteiger partial charge in [0, 0.05) is 29.9 Å². The van der Waals surface area contributed by atoms with Crippen molar-refractivity contribution in [3.05, 3.63) is 36.0 Å². The van der Waals surface area contributed by atoms with Gasteiger partial charge in [0.1, 0.15) is 12.1 Å². The van der Waals surface area contributed by atoms with Gasteiger partial charge in [0.05, 0.1) is 6.04 Å². The van der Waals surface area contributed by atoms with Crippen molar-refractivity contribution >= 4 is 34.6 Å². The average molecular weight is 446 g/mol. The Kier molecular flexibility index (Phi) is 8.77. The van der Waals surface area contributed by atoms with Gasteiger partial charge in [-0.3, -0.25) is 14.4 Å². The number of benzene rings is 1. The Bertz CT molecular complexity index is 971. The van der Waals surface area contributed by atoms with Crippen LogP contribution in [0.2, 0.25) is 0 Å². The Morgan fingerprint density at radius 1 is 1.06 bits per heavy atom. The highest BCUT2D eigenvalue weighted by molar-refractivity contribution is 5.93. The third-order valence-corrected chi connectivity index (χ3v) is 5.09. The van der Waals surface area contributed by atoms with Crippen LogP contribution in [-0.2, 0) is 25.6 Å². The number of H-pyrrole nitrogens is 1. The second-order valence-electron chi connectivity index (χ2n) is 8.27. The number of hydrogen-bond acceptors (Lipinski definition) is 5. The van der Waals surface area contributed by atoms with Gasteiger partial charge in [-0.05, 0) is 30.4 Å². The summed E-state index contributed by atoms with van der Waals surface area (Å²) >= 11 is 0. The fourth-order valence-corrected chi connectivity index (χ4v) is 3.40. The lowest BCUT2D eigenvalue weighted by Crippen LogP contribution is -2.55. The Morgan fingerprint density at radius 2 is 1.72 bits per heavy atom. The van der Waals surface area contributed by atoms with Crippen LogP contribution in [0.15, 0.2) is 30.5 Å². The molecule has 174 valence electrons. The van der Waals surface area contributed by atoms with Crippen molar-refractivity contribution < 1.29 is 24.3 Å². The average Bonchev–Trinajstić information content (AvgIpc) is 3.13. The summed E-state index contributed by atoms with van der Waals surface area (Å²) in [7, 11) is 0. The summed E-state index contributed by atoms with van der Waals surface area (Å²) in [5.41, 5.74) is 12.6. The quantitative estimate of drug-likeness (QED) is 0.275. The van der Waals surface area contributed by atoms with Crippen LogP contribution in [0.25, 0.3) is 10.9 Å². The molecule has 0 saturated heterocycles. The van der Waals surface area contributed by atoms with Crippen LogP contribution < -0.4 is 22.1 Å². The van der Waals surface area contributed by atoms with E-state index in [1.54, 1.807) is 6.20 Å². The molecule has 0 unspecified atom stereocenters. The second-order valence-corrected chi connectivity index (χ2v) is 8.27. The zero-order valence-electron chi connectivity index (χ0n) is 18.3. The molecule has 0 saturated carbocycles. The minimum Gasteiger partial charge on any atom is -0.480 e. The summed E-state index contributed by atoms with van der Waals surface area (Å²) in [4.78, 5) is 51.3. The van der Waals surface area contributed by atoms with E-state index >= 15 is 0 Å². The van der Waals surface area contributed by atoms with Gasteiger partial charge < -0.3 is 32.2 Å². The van der Waals surface area contributed by atoms with E-state index in [2.05, 4.69) is 15.6 Å². The molecule has 0 aliphatic carbocycles. The van der Waals surface area contributed by atoms with E-state index in [-0.39, 0.29) is 31.6 Å². The van der Waals surface area contributed by atoms with Crippen LogP contribution >= 0.6 is 0 Å². The third-order valence-electron chi connectivity index (χ3n) is 5.09. The topological polar surface area (TPSA) is 180 Å². The molecule has 1 heterocycles. The van der Waals surface area contributed by atoms with Crippen LogP contribution in [0, 0.1) is 5.92 Å².